The predicted octanol–water partition coefficient (Wildman–Crippen LogP) is 21.1. The number of nitrogens with zero attached hydrogens (tertiary/aromatic N) is 4. The minimum absolute atomic E-state index is 0.0296. The van der Waals surface area contributed by atoms with Crippen LogP contribution in [0.3, 0.4) is 0 Å². The summed E-state index contributed by atoms with van der Waals surface area (Å²) in [6.07, 6.45) is 0. The number of halogens is 1. The van der Waals surface area contributed by atoms with E-state index >= 15 is 0 Å². The van der Waals surface area contributed by atoms with E-state index in [0.29, 0.717) is 5.02 Å². The molecule has 11 aromatic carbocycles. The molecular weight excluding hydrogens is 1090 g/mol. The molecule has 6 heteroatoms. The second kappa shape index (κ2) is 20.0. The Morgan fingerprint density at radius 3 is 1.05 bits per heavy atom. The van der Waals surface area contributed by atoms with Crippen LogP contribution in [-0.2, 0) is 21.7 Å². The lowest BCUT2D eigenvalue weighted by molar-refractivity contribution is 0.590. The Balaban J connectivity index is 1.06. The van der Waals surface area contributed by atoms with E-state index in [1.807, 2.05) is 0 Å². The zero-order chi connectivity index (χ0) is 60.9. The third-order valence-corrected chi connectivity index (χ3v) is 19.2. The lowest BCUT2D eigenvalue weighted by atomic mass is 9.33. The van der Waals surface area contributed by atoms with Crippen molar-refractivity contribution in [1.82, 2.24) is 9.13 Å². The number of hydrogen-bond acceptors (Lipinski definition) is 2. The first-order valence-electron chi connectivity index (χ1n) is 31.3. The molecule has 13 aromatic rings. The summed E-state index contributed by atoms with van der Waals surface area (Å²) in [6.45, 7) is 27.6. The topological polar surface area (TPSA) is 16.3 Å². The third kappa shape index (κ3) is 8.94. The van der Waals surface area contributed by atoms with Crippen LogP contribution in [0.15, 0.2) is 231 Å². The van der Waals surface area contributed by atoms with Crippen molar-refractivity contribution in [3.8, 4) is 33.6 Å². The molecule has 2 aliphatic heterocycles. The first-order chi connectivity index (χ1) is 42.1. The molecule has 0 aliphatic carbocycles. The average molecular weight is 1160 g/mol. The van der Waals surface area contributed by atoms with Gasteiger partial charge in [0.05, 0.1) is 33.4 Å². The normalized spacial score (nSPS) is 13.4. The maximum Gasteiger partial charge on any atom is 0.252 e. The molecule has 2 aromatic heterocycles. The molecule has 0 unspecified atom stereocenters. The van der Waals surface area contributed by atoms with Gasteiger partial charge >= 0.3 is 0 Å². The molecule has 0 bridgehead atoms. The molecule has 0 saturated carbocycles. The number of para-hydroxylation sites is 2. The standard InChI is InChI=1S/C82H74BClN4/c1-79(2,3)53-31-39-70(62(43-53)51-23-15-13-16-24-51)87-74-49-58(85-68-29-21-19-27-60(68)61-28-20-22-30-69(61)85)35-37-66(74)83-67-38-36-59(86-72-41-33-55(81(7,8)9)45-64(72)65-46-56(82(10,11)12)34-42-73(65)86)50-75(67)88(77-48-57(84)47-76(87)78(77)83)71-40-32-54(80(4,5)6)44-63(71)52-25-17-14-18-26-52/h13-50H,1-12H3. The fourth-order valence-electron chi connectivity index (χ4n) is 14.3. The highest BCUT2D eigenvalue weighted by molar-refractivity contribution is 7.00. The second-order valence-corrected chi connectivity index (χ2v) is 29.2. The van der Waals surface area contributed by atoms with E-state index in [4.69, 9.17) is 11.6 Å². The van der Waals surface area contributed by atoms with Crippen molar-refractivity contribution in [3.63, 3.8) is 0 Å². The quantitative estimate of drug-likeness (QED) is 0.154. The molecule has 4 heterocycles. The highest BCUT2D eigenvalue weighted by Crippen LogP contribution is 2.51. The molecule has 0 spiro atoms. The number of aromatic nitrogens is 2. The third-order valence-electron chi connectivity index (χ3n) is 19.0. The minimum Gasteiger partial charge on any atom is -0.311 e. The Morgan fingerprint density at radius 1 is 0.295 bits per heavy atom. The summed E-state index contributed by atoms with van der Waals surface area (Å²) in [5.41, 5.74) is 26.6. The van der Waals surface area contributed by atoms with Gasteiger partial charge in [-0.3, -0.25) is 0 Å². The smallest absolute Gasteiger partial charge is 0.252 e. The Morgan fingerprint density at radius 2 is 0.648 bits per heavy atom. The van der Waals surface area contributed by atoms with Crippen LogP contribution in [0.5, 0.6) is 0 Å². The van der Waals surface area contributed by atoms with Gasteiger partial charge in [-0.05, 0) is 168 Å². The Hall–Kier alpha value is -9.03. The highest BCUT2D eigenvalue weighted by Gasteiger charge is 2.45. The lowest BCUT2D eigenvalue weighted by Crippen LogP contribution is -2.61. The first-order valence-corrected chi connectivity index (χ1v) is 31.7. The van der Waals surface area contributed by atoms with E-state index in [2.05, 4.69) is 333 Å². The maximum absolute atomic E-state index is 7.89. The highest BCUT2D eigenvalue weighted by atomic mass is 35.5. The summed E-state index contributed by atoms with van der Waals surface area (Å²) in [4.78, 5) is 5.12. The van der Waals surface area contributed by atoms with Gasteiger partial charge in [0.1, 0.15) is 0 Å². The Bertz CT molecular complexity index is 4860. The van der Waals surface area contributed by atoms with Gasteiger partial charge in [0.2, 0.25) is 0 Å². The Labute approximate surface area is 524 Å². The summed E-state index contributed by atoms with van der Waals surface area (Å²) in [6, 6.07) is 87.3. The number of anilines is 6. The van der Waals surface area contributed by atoms with E-state index in [-0.39, 0.29) is 28.4 Å². The molecule has 0 N–H and O–H groups in total. The fourth-order valence-corrected chi connectivity index (χ4v) is 14.5. The number of hydrogen-bond donors (Lipinski definition) is 0. The van der Waals surface area contributed by atoms with Crippen LogP contribution in [0.25, 0.3) is 77.2 Å². The molecule has 15 rings (SSSR count). The molecule has 4 nitrogen and oxygen atoms in total. The van der Waals surface area contributed by atoms with Gasteiger partial charge in [0, 0.05) is 71.8 Å². The van der Waals surface area contributed by atoms with Crippen LogP contribution in [0, 0.1) is 0 Å². The SMILES string of the molecule is CC(C)(C)c1ccc(N2c3cc(-n4c5ccccc5c5ccccc54)ccc3B3c4ccc(-n5c6ccc(C(C)(C)C)cc6c6cc(C(C)(C)C)ccc65)cc4N(c4ccc(C(C)(C)C)cc4-c4ccccc4)c4cc(Cl)cc2c43)c(-c2ccccc2)c1. The summed E-state index contributed by atoms with van der Waals surface area (Å²) >= 11 is 7.89. The molecular formula is C82H74BClN4. The van der Waals surface area contributed by atoms with Gasteiger partial charge in [-0.25, -0.2) is 0 Å². The summed E-state index contributed by atoms with van der Waals surface area (Å²) < 4.78 is 4.97. The van der Waals surface area contributed by atoms with Crippen molar-refractivity contribution in [2.45, 2.75) is 105 Å². The molecule has 88 heavy (non-hydrogen) atoms. The van der Waals surface area contributed by atoms with Crippen molar-refractivity contribution in [2.24, 2.45) is 0 Å². The van der Waals surface area contributed by atoms with Gasteiger partial charge in [-0.2, -0.15) is 0 Å². The predicted molar refractivity (Wildman–Crippen MR) is 380 cm³/mol. The number of rotatable bonds is 6. The van der Waals surface area contributed by atoms with E-state index in [0.717, 1.165) is 67.8 Å². The molecule has 2 aliphatic rings. The molecule has 0 amide bonds. The average Bonchev–Trinajstić information content (AvgIpc) is 0.983. The zero-order valence-corrected chi connectivity index (χ0v) is 53.4. The van der Waals surface area contributed by atoms with Gasteiger partial charge in [0.25, 0.3) is 6.71 Å². The van der Waals surface area contributed by atoms with Crippen molar-refractivity contribution in [2.75, 3.05) is 9.80 Å². The molecule has 0 atom stereocenters. The number of fused-ring (bicyclic) bond motifs is 10. The van der Waals surface area contributed by atoms with Crippen LogP contribution in [0.1, 0.15) is 105 Å². The lowest BCUT2D eigenvalue weighted by Gasteiger charge is -2.45. The summed E-state index contributed by atoms with van der Waals surface area (Å²) in [5.74, 6) is 0. The van der Waals surface area contributed by atoms with Crippen molar-refractivity contribution in [1.29, 1.82) is 0 Å². The minimum atomic E-state index is -0.189. The van der Waals surface area contributed by atoms with Crippen molar-refractivity contribution >= 4 is 112 Å². The van der Waals surface area contributed by atoms with Crippen molar-refractivity contribution in [3.05, 3.63) is 258 Å². The van der Waals surface area contributed by atoms with E-state index in [9.17, 15) is 0 Å². The molecule has 0 radical (unpaired) electrons. The van der Waals surface area contributed by atoms with Gasteiger partial charge in [-0.1, -0.05) is 228 Å². The monoisotopic (exact) mass is 1160 g/mol. The fraction of sp³-hybridized carbons (Fsp3) is 0.195. The van der Waals surface area contributed by atoms with Crippen LogP contribution < -0.4 is 26.2 Å². The molecule has 0 saturated heterocycles. The Kier molecular flexibility index (Phi) is 12.6. The largest absolute Gasteiger partial charge is 0.311 e. The summed E-state index contributed by atoms with van der Waals surface area (Å²) in [5, 5.41) is 5.65. The maximum atomic E-state index is 7.89. The van der Waals surface area contributed by atoms with E-state index < -0.39 is 0 Å². The van der Waals surface area contributed by atoms with Crippen LogP contribution in [0.2, 0.25) is 5.02 Å². The van der Waals surface area contributed by atoms with Gasteiger partial charge in [-0.15, -0.1) is 0 Å². The second-order valence-electron chi connectivity index (χ2n) is 28.8. The van der Waals surface area contributed by atoms with E-state index in [1.54, 1.807) is 0 Å². The first kappa shape index (κ1) is 55.5. The van der Waals surface area contributed by atoms with E-state index in [1.165, 1.54) is 82.3 Å². The molecule has 432 valence electrons. The van der Waals surface area contributed by atoms with Gasteiger partial charge in [0.15, 0.2) is 0 Å². The molecule has 0 fully saturated rings. The summed E-state index contributed by atoms with van der Waals surface area (Å²) in [7, 11) is 0. The van der Waals surface area contributed by atoms with Crippen LogP contribution in [-0.4, -0.2) is 15.8 Å². The van der Waals surface area contributed by atoms with Crippen LogP contribution in [0.4, 0.5) is 34.1 Å². The van der Waals surface area contributed by atoms with Crippen molar-refractivity contribution < 1.29 is 0 Å². The van der Waals surface area contributed by atoms with Gasteiger partial charge < -0.3 is 18.9 Å². The number of benzene rings is 11. The zero-order valence-electron chi connectivity index (χ0n) is 52.7. The van der Waals surface area contributed by atoms with Crippen LogP contribution >= 0.6 is 11.6 Å².